The SMILES string of the molecule is Nc1ccc(-c2ccc(F)c(C(F)(F)F)c2)c(Cl)c1. The lowest BCUT2D eigenvalue weighted by Crippen LogP contribution is -2.08. The Balaban J connectivity index is 2.58. The van der Waals surface area contributed by atoms with Crippen molar-refractivity contribution in [2.24, 2.45) is 0 Å². The van der Waals surface area contributed by atoms with Crippen molar-refractivity contribution < 1.29 is 17.6 Å². The van der Waals surface area contributed by atoms with Gasteiger partial charge in [-0.05, 0) is 29.8 Å². The first-order valence-electron chi connectivity index (χ1n) is 5.21. The Morgan fingerprint density at radius 1 is 1.00 bits per heavy atom. The highest BCUT2D eigenvalue weighted by molar-refractivity contribution is 6.33. The highest BCUT2D eigenvalue weighted by atomic mass is 35.5. The molecule has 0 aliphatic rings. The molecule has 0 bridgehead atoms. The maximum Gasteiger partial charge on any atom is 0.419 e. The molecule has 0 aliphatic heterocycles. The van der Waals surface area contributed by atoms with Crippen molar-refractivity contribution >= 4 is 17.3 Å². The van der Waals surface area contributed by atoms with E-state index >= 15 is 0 Å². The molecule has 19 heavy (non-hydrogen) atoms. The molecule has 100 valence electrons. The van der Waals surface area contributed by atoms with E-state index in [9.17, 15) is 17.6 Å². The van der Waals surface area contributed by atoms with E-state index in [0.29, 0.717) is 11.3 Å². The van der Waals surface area contributed by atoms with Gasteiger partial charge in [-0.2, -0.15) is 13.2 Å². The van der Waals surface area contributed by atoms with Crippen LogP contribution >= 0.6 is 11.6 Å². The number of hydrogen-bond acceptors (Lipinski definition) is 1. The van der Waals surface area contributed by atoms with Gasteiger partial charge in [0.2, 0.25) is 0 Å². The van der Waals surface area contributed by atoms with Crippen molar-refractivity contribution in [1.82, 2.24) is 0 Å². The van der Waals surface area contributed by atoms with E-state index in [4.69, 9.17) is 17.3 Å². The number of anilines is 1. The molecule has 0 heterocycles. The quantitative estimate of drug-likeness (QED) is 0.595. The Kier molecular flexibility index (Phi) is 3.41. The number of halogens is 5. The molecule has 0 aliphatic carbocycles. The van der Waals surface area contributed by atoms with Crippen LogP contribution in [0.25, 0.3) is 11.1 Å². The van der Waals surface area contributed by atoms with Crippen molar-refractivity contribution in [2.75, 3.05) is 5.73 Å². The predicted molar refractivity (Wildman–Crippen MR) is 66.3 cm³/mol. The third-order valence-electron chi connectivity index (χ3n) is 2.58. The van der Waals surface area contributed by atoms with Crippen molar-refractivity contribution in [3.05, 3.63) is 52.8 Å². The summed E-state index contributed by atoms with van der Waals surface area (Å²) in [5.74, 6) is -1.32. The van der Waals surface area contributed by atoms with E-state index < -0.39 is 17.6 Å². The molecule has 0 spiro atoms. The molecule has 0 radical (unpaired) electrons. The summed E-state index contributed by atoms with van der Waals surface area (Å²) in [4.78, 5) is 0. The molecular weight excluding hydrogens is 282 g/mol. The number of rotatable bonds is 1. The molecule has 0 fully saturated rings. The second-order valence-electron chi connectivity index (χ2n) is 3.93. The van der Waals surface area contributed by atoms with Crippen LogP contribution < -0.4 is 5.73 Å². The van der Waals surface area contributed by atoms with Gasteiger partial charge in [-0.25, -0.2) is 4.39 Å². The minimum absolute atomic E-state index is 0.179. The summed E-state index contributed by atoms with van der Waals surface area (Å²) in [6, 6.07) is 7.16. The minimum Gasteiger partial charge on any atom is -0.399 e. The molecule has 2 rings (SSSR count). The largest absolute Gasteiger partial charge is 0.419 e. The standard InChI is InChI=1S/C13H8ClF4N/c14-11-6-8(19)2-3-9(11)7-1-4-12(15)10(5-7)13(16,17)18/h1-6H,19H2. The highest BCUT2D eigenvalue weighted by Gasteiger charge is 2.34. The lowest BCUT2D eigenvalue weighted by molar-refractivity contribution is -0.139. The fourth-order valence-electron chi connectivity index (χ4n) is 1.68. The highest BCUT2D eigenvalue weighted by Crippen LogP contribution is 2.36. The van der Waals surface area contributed by atoms with Crippen LogP contribution in [0.2, 0.25) is 5.02 Å². The first-order valence-corrected chi connectivity index (χ1v) is 5.59. The average Bonchev–Trinajstić information content (AvgIpc) is 2.29. The van der Waals surface area contributed by atoms with Gasteiger partial charge < -0.3 is 5.73 Å². The third kappa shape index (κ3) is 2.81. The van der Waals surface area contributed by atoms with Crippen LogP contribution in [-0.2, 0) is 6.18 Å². The number of benzene rings is 2. The van der Waals surface area contributed by atoms with Gasteiger partial charge in [-0.15, -0.1) is 0 Å². The summed E-state index contributed by atoms with van der Waals surface area (Å²) in [6.45, 7) is 0. The summed E-state index contributed by atoms with van der Waals surface area (Å²) in [5.41, 5.74) is 5.12. The zero-order valence-corrected chi connectivity index (χ0v) is 10.2. The molecule has 0 atom stereocenters. The summed E-state index contributed by atoms with van der Waals surface area (Å²) in [5, 5.41) is 0.208. The maximum absolute atomic E-state index is 13.2. The Labute approximate surface area is 111 Å². The van der Waals surface area contributed by atoms with Gasteiger partial charge in [-0.3, -0.25) is 0 Å². The van der Waals surface area contributed by atoms with E-state index in [-0.39, 0.29) is 10.6 Å². The van der Waals surface area contributed by atoms with Crippen LogP contribution in [0.15, 0.2) is 36.4 Å². The van der Waals surface area contributed by atoms with Crippen molar-refractivity contribution in [2.45, 2.75) is 6.18 Å². The topological polar surface area (TPSA) is 26.0 Å². The minimum atomic E-state index is -4.75. The van der Waals surface area contributed by atoms with Crippen molar-refractivity contribution in [3.8, 4) is 11.1 Å². The second-order valence-corrected chi connectivity index (χ2v) is 4.34. The van der Waals surface area contributed by atoms with Crippen molar-refractivity contribution in [3.63, 3.8) is 0 Å². The van der Waals surface area contributed by atoms with Gasteiger partial charge in [0, 0.05) is 11.3 Å². The van der Waals surface area contributed by atoms with Gasteiger partial charge in [-0.1, -0.05) is 23.7 Å². The molecule has 0 saturated heterocycles. The van der Waals surface area contributed by atoms with E-state index in [0.717, 1.165) is 12.1 Å². The number of nitrogens with two attached hydrogens (primary N) is 1. The summed E-state index contributed by atoms with van der Waals surface area (Å²) >= 11 is 5.92. The van der Waals surface area contributed by atoms with E-state index in [1.54, 1.807) is 0 Å². The molecule has 0 unspecified atom stereocenters. The normalized spacial score (nSPS) is 11.6. The van der Waals surface area contributed by atoms with Gasteiger partial charge in [0.25, 0.3) is 0 Å². The second kappa shape index (κ2) is 4.74. The van der Waals surface area contributed by atoms with Gasteiger partial charge in [0.15, 0.2) is 0 Å². The average molecular weight is 290 g/mol. The lowest BCUT2D eigenvalue weighted by atomic mass is 10.0. The molecule has 6 heteroatoms. The molecule has 0 aromatic heterocycles. The van der Waals surface area contributed by atoms with Crippen LogP contribution in [0.3, 0.4) is 0 Å². The Hall–Kier alpha value is -1.75. The number of hydrogen-bond donors (Lipinski definition) is 1. The smallest absolute Gasteiger partial charge is 0.399 e. The lowest BCUT2D eigenvalue weighted by Gasteiger charge is -2.11. The zero-order chi connectivity index (χ0) is 14.2. The summed E-state index contributed by atoms with van der Waals surface area (Å²) < 4.78 is 51.0. The van der Waals surface area contributed by atoms with E-state index in [1.807, 2.05) is 0 Å². The van der Waals surface area contributed by atoms with Crippen LogP contribution in [0.5, 0.6) is 0 Å². The Morgan fingerprint density at radius 3 is 2.26 bits per heavy atom. The Bertz CT molecular complexity index is 623. The number of nitrogen functional groups attached to an aromatic ring is 1. The first kappa shape index (κ1) is 13.7. The van der Waals surface area contributed by atoms with E-state index in [2.05, 4.69) is 0 Å². The Morgan fingerprint density at radius 2 is 1.68 bits per heavy atom. The first-order chi connectivity index (χ1) is 8.79. The van der Waals surface area contributed by atoms with Gasteiger partial charge >= 0.3 is 6.18 Å². The van der Waals surface area contributed by atoms with Crippen LogP contribution in [0, 0.1) is 5.82 Å². The van der Waals surface area contributed by atoms with E-state index in [1.165, 1.54) is 24.3 Å². The third-order valence-corrected chi connectivity index (χ3v) is 2.89. The number of alkyl halides is 3. The summed E-state index contributed by atoms with van der Waals surface area (Å²) in [7, 11) is 0. The molecule has 2 aromatic rings. The zero-order valence-electron chi connectivity index (χ0n) is 9.43. The molecule has 0 saturated carbocycles. The molecule has 1 nitrogen and oxygen atoms in total. The monoisotopic (exact) mass is 289 g/mol. The van der Waals surface area contributed by atoms with Crippen LogP contribution in [0.4, 0.5) is 23.2 Å². The molecule has 2 N–H and O–H groups in total. The van der Waals surface area contributed by atoms with Gasteiger partial charge in [0.05, 0.1) is 10.6 Å². The molecule has 0 amide bonds. The fraction of sp³-hybridized carbons (Fsp3) is 0.0769. The summed E-state index contributed by atoms with van der Waals surface area (Å²) in [6.07, 6.45) is -4.75. The molecular formula is C13H8ClF4N. The maximum atomic E-state index is 13.2. The fourth-order valence-corrected chi connectivity index (χ4v) is 1.97. The van der Waals surface area contributed by atoms with Crippen LogP contribution in [-0.4, -0.2) is 0 Å². The molecule has 2 aromatic carbocycles. The predicted octanol–water partition coefficient (Wildman–Crippen LogP) is 4.75. The van der Waals surface area contributed by atoms with Gasteiger partial charge in [0.1, 0.15) is 5.82 Å². The van der Waals surface area contributed by atoms with Crippen molar-refractivity contribution in [1.29, 1.82) is 0 Å². The van der Waals surface area contributed by atoms with Crippen LogP contribution in [0.1, 0.15) is 5.56 Å².